The highest BCUT2D eigenvalue weighted by molar-refractivity contribution is 6.31. The Hall–Kier alpha value is -1.04. The third-order valence-electron chi connectivity index (χ3n) is 3.03. The smallest absolute Gasteiger partial charge is 0.0737 e. The molecule has 0 saturated heterocycles. The van der Waals surface area contributed by atoms with Crippen LogP contribution in [0.15, 0.2) is 24.3 Å². The molecule has 1 saturated carbocycles. The molecule has 1 aliphatic carbocycles. The van der Waals surface area contributed by atoms with Gasteiger partial charge in [0.25, 0.3) is 0 Å². The van der Waals surface area contributed by atoms with Crippen LogP contribution < -0.4 is 0 Å². The number of nitrogens with zero attached hydrogens (tertiary/aromatic N) is 1. The Bertz CT molecular complexity index is 399. The van der Waals surface area contributed by atoms with Crippen LogP contribution in [0.25, 0.3) is 0 Å². The summed E-state index contributed by atoms with van der Waals surface area (Å²) in [5.41, 5.74) is 0.993. The van der Waals surface area contributed by atoms with Gasteiger partial charge in [0.15, 0.2) is 0 Å². The Morgan fingerprint density at radius 3 is 2.94 bits per heavy atom. The van der Waals surface area contributed by atoms with Crippen LogP contribution in [0.3, 0.4) is 0 Å². The summed E-state index contributed by atoms with van der Waals surface area (Å²) in [5.74, 6) is 0.0579. The maximum absolute atomic E-state index is 8.93. The lowest BCUT2D eigenvalue weighted by Gasteiger charge is -2.15. The van der Waals surface area contributed by atoms with Crippen molar-refractivity contribution < 1.29 is 4.74 Å². The van der Waals surface area contributed by atoms with Gasteiger partial charge in [-0.15, -0.1) is 0 Å². The molecular weight excluding hydrogens is 222 g/mol. The molecule has 0 N–H and O–H groups in total. The fourth-order valence-electron chi connectivity index (χ4n) is 2.09. The van der Waals surface area contributed by atoms with Crippen molar-refractivity contribution in [2.45, 2.75) is 32.0 Å². The molecule has 2 rings (SSSR count). The Labute approximate surface area is 101 Å². The minimum absolute atomic E-state index is 0.0579. The van der Waals surface area contributed by atoms with Crippen molar-refractivity contribution in [3.63, 3.8) is 0 Å². The van der Waals surface area contributed by atoms with Crippen LogP contribution >= 0.6 is 11.6 Å². The number of benzene rings is 1. The summed E-state index contributed by atoms with van der Waals surface area (Å²) in [6.07, 6.45) is 3.12. The molecule has 0 heterocycles. The molecule has 1 aliphatic rings. The first-order chi connectivity index (χ1) is 7.81. The second-order valence-corrected chi connectivity index (χ2v) is 4.51. The number of nitriles is 1. The Morgan fingerprint density at radius 1 is 1.38 bits per heavy atom. The van der Waals surface area contributed by atoms with Gasteiger partial charge in [-0.05, 0) is 30.9 Å². The van der Waals surface area contributed by atoms with Crippen LogP contribution in [0, 0.1) is 17.2 Å². The lowest BCUT2D eigenvalue weighted by atomic mass is 10.1. The zero-order valence-electron chi connectivity index (χ0n) is 9.03. The van der Waals surface area contributed by atoms with E-state index in [-0.39, 0.29) is 12.0 Å². The van der Waals surface area contributed by atoms with Crippen LogP contribution in [0.5, 0.6) is 0 Å². The van der Waals surface area contributed by atoms with E-state index in [1.165, 1.54) is 0 Å². The highest BCUT2D eigenvalue weighted by atomic mass is 35.5. The van der Waals surface area contributed by atoms with Gasteiger partial charge in [0.05, 0.1) is 24.7 Å². The topological polar surface area (TPSA) is 33.0 Å². The average Bonchev–Trinajstić information content (AvgIpc) is 2.75. The highest BCUT2D eigenvalue weighted by Gasteiger charge is 2.27. The van der Waals surface area contributed by atoms with Gasteiger partial charge in [-0.2, -0.15) is 5.26 Å². The number of rotatable bonds is 3. The van der Waals surface area contributed by atoms with E-state index < -0.39 is 0 Å². The Balaban J connectivity index is 1.93. The summed E-state index contributed by atoms with van der Waals surface area (Å²) < 4.78 is 5.77. The lowest BCUT2D eigenvalue weighted by Crippen LogP contribution is -2.16. The first kappa shape index (κ1) is 11.4. The molecular formula is C13H14ClNO. The van der Waals surface area contributed by atoms with Gasteiger partial charge < -0.3 is 4.74 Å². The molecule has 1 aromatic rings. The highest BCUT2D eigenvalue weighted by Crippen LogP contribution is 2.29. The molecule has 1 aromatic carbocycles. The molecule has 84 valence electrons. The number of ether oxygens (including phenoxy) is 1. The van der Waals surface area contributed by atoms with E-state index in [1.54, 1.807) is 0 Å². The molecule has 2 atom stereocenters. The summed E-state index contributed by atoms with van der Waals surface area (Å²) in [6, 6.07) is 9.97. The van der Waals surface area contributed by atoms with Crippen LogP contribution in [-0.2, 0) is 11.3 Å². The van der Waals surface area contributed by atoms with Gasteiger partial charge in [-0.3, -0.25) is 0 Å². The van der Waals surface area contributed by atoms with E-state index in [2.05, 4.69) is 6.07 Å². The summed E-state index contributed by atoms with van der Waals surface area (Å²) in [4.78, 5) is 0. The predicted molar refractivity (Wildman–Crippen MR) is 63.0 cm³/mol. The molecule has 0 aliphatic heterocycles. The van der Waals surface area contributed by atoms with Gasteiger partial charge in [-0.25, -0.2) is 0 Å². The molecule has 0 aromatic heterocycles. The largest absolute Gasteiger partial charge is 0.372 e. The second-order valence-electron chi connectivity index (χ2n) is 4.11. The van der Waals surface area contributed by atoms with Crippen molar-refractivity contribution in [1.29, 1.82) is 5.26 Å². The molecule has 1 fully saturated rings. The van der Waals surface area contributed by atoms with Crippen molar-refractivity contribution >= 4 is 11.6 Å². The van der Waals surface area contributed by atoms with Crippen LogP contribution in [0.2, 0.25) is 5.02 Å². The Morgan fingerprint density at radius 2 is 2.19 bits per heavy atom. The zero-order valence-corrected chi connectivity index (χ0v) is 9.78. The summed E-state index contributed by atoms with van der Waals surface area (Å²) >= 11 is 6.03. The molecule has 2 unspecified atom stereocenters. The van der Waals surface area contributed by atoms with E-state index in [0.29, 0.717) is 6.61 Å². The molecule has 0 radical (unpaired) electrons. The molecule has 0 bridgehead atoms. The molecule has 2 nitrogen and oxygen atoms in total. The summed E-state index contributed by atoms with van der Waals surface area (Å²) in [5, 5.41) is 9.66. The average molecular weight is 236 g/mol. The van der Waals surface area contributed by atoms with Crippen molar-refractivity contribution in [1.82, 2.24) is 0 Å². The van der Waals surface area contributed by atoms with Crippen molar-refractivity contribution in [3.8, 4) is 6.07 Å². The number of hydrogen-bond donors (Lipinski definition) is 0. The minimum Gasteiger partial charge on any atom is -0.372 e. The number of halogens is 1. The molecule has 0 amide bonds. The quantitative estimate of drug-likeness (QED) is 0.803. The monoisotopic (exact) mass is 235 g/mol. The molecule has 16 heavy (non-hydrogen) atoms. The maximum atomic E-state index is 8.93. The molecule has 3 heteroatoms. The third-order valence-corrected chi connectivity index (χ3v) is 3.40. The minimum atomic E-state index is 0.0579. The van der Waals surface area contributed by atoms with E-state index in [1.807, 2.05) is 24.3 Å². The normalized spacial score (nSPS) is 24.2. The van der Waals surface area contributed by atoms with Gasteiger partial charge in [0, 0.05) is 5.02 Å². The summed E-state index contributed by atoms with van der Waals surface area (Å²) in [6.45, 7) is 0.503. The summed E-state index contributed by atoms with van der Waals surface area (Å²) in [7, 11) is 0. The third kappa shape index (κ3) is 2.55. The van der Waals surface area contributed by atoms with Crippen molar-refractivity contribution in [2.75, 3.05) is 0 Å². The fourth-order valence-corrected chi connectivity index (χ4v) is 2.28. The predicted octanol–water partition coefficient (Wildman–Crippen LogP) is 3.55. The van der Waals surface area contributed by atoms with Crippen LogP contribution in [0.4, 0.5) is 0 Å². The first-order valence-corrected chi connectivity index (χ1v) is 5.93. The second kappa shape index (κ2) is 5.34. The van der Waals surface area contributed by atoms with E-state index >= 15 is 0 Å². The van der Waals surface area contributed by atoms with Gasteiger partial charge >= 0.3 is 0 Å². The first-order valence-electron chi connectivity index (χ1n) is 5.56. The van der Waals surface area contributed by atoms with Crippen molar-refractivity contribution in [3.05, 3.63) is 34.9 Å². The van der Waals surface area contributed by atoms with Crippen LogP contribution in [-0.4, -0.2) is 6.10 Å². The number of hydrogen-bond acceptors (Lipinski definition) is 2. The van der Waals surface area contributed by atoms with E-state index in [9.17, 15) is 0 Å². The van der Waals surface area contributed by atoms with Gasteiger partial charge in [0.1, 0.15) is 0 Å². The zero-order chi connectivity index (χ0) is 11.4. The SMILES string of the molecule is N#CC1CCCC1OCc1ccccc1Cl. The van der Waals surface area contributed by atoms with E-state index in [0.717, 1.165) is 29.8 Å². The maximum Gasteiger partial charge on any atom is 0.0737 e. The lowest BCUT2D eigenvalue weighted by molar-refractivity contribution is 0.0291. The Kier molecular flexibility index (Phi) is 3.82. The molecule has 0 spiro atoms. The fraction of sp³-hybridized carbons (Fsp3) is 0.462. The standard InChI is InChI=1S/C13H14ClNO/c14-12-6-2-1-4-11(12)9-16-13-7-3-5-10(13)8-15/h1-2,4,6,10,13H,3,5,7,9H2. The van der Waals surface area contributed by atoms with Crippen LogP contribution in [0.1, 0.15) is 24.8 Å². The van der Waals surface area contributed by atoms with Crippen molar-refractivity contribution in [2.24, 2.45) is 5.92 Å². The van der Waals surface area contributed by atoms with Gasteiger partial charge in [-0.1, -0.05) is 29.8 Å². The van der Waals surface area contributed by atoms with Gasteiger partial charge in [0.2, 0.25) is 0 Å². The van der Waals surface area contributed by atoms with E-state index in [4.69, 9.17) is 21.6 Å².